The number of rotatable bonds is 5. The number of fused-ring (bicyclic) bond motifs is 2. The molecule has 3 atom stereocenters. The molecular weight excluding hydrogens is 624 g/mol. The fourth-order valence-electron chi connectivity index (χ4n) is 5.81. The van der Waals surface area contributed by atoms with Gasteiger partial charge in [0.15, 0.2) is 0 Å². The average Bonchev–Trinajstić information content (AvgIpc) is 3.43. The first kappa shape index (κ1) is 30.8. The van der Waals surface area contributed by atoms with Crippen LogP contribution in [0.2, 0.25) is 0 Å². The Morgan fingerprint density at radius 2 is 1.51 bits per heavy atom. The number of aromatic nitrogens is 1. The van der Waals surface area contributed by atoms with Crippen molar-refractivity contribution in [3.05, 3.63) is 110 Å². The number of nitrogens with one attached hydrogen (secondary N) is 1. The smallest absolute Gasteiger partial charge is 0.324 e. The van der Waals surface area contributed by atoms with E-state index in [-0.39, 0.29) is 11.3 Å². The Morgan fingerprint density at radius 1 is 0.867 bits per heavy atom. The molecule has 232 valence electrons. The van der Waals surface area contributed by atoms with E-state index in [9.17, 15) is 32.3 Å². The van der Waals surface area contributed by atoms with Crippen LogP contribution in [0.1, 0.15) is 48.3 Å². The van der Waals surface area contributed by atoms with Crippen LogP contribution in [0.5, 0.6) is 0 Å². The quantitative estimate of drug-likeness (QED) is 0.244. The highest BCUT2D eigenvalue weighted by molar-refractivity contribution is 8.00. The molecule has 1 saturated heterocycles. The summed E-state index contributed by atoms with van der Waals surface area (Å²) >= 11 is 1.93. The summed E-state index contributed by atoms with van der Waals surface area (Å²) in [6.07, 6.45) is -4.69. The number of imide groups is 1. The van der Waals surface area contributed by atoms with E-state index in [0.717, 1.165) is 46.4 Å². The maximum absolute atomic E-state index is 14.0. The molecule has 1 aromatic heterocycles. The van der Waals surface area contributed by atoms with Crippen molar-refractivity contribution in [1.29, 1.82) is 0 Å². The molecule has 4 aromatic rings. The lowest BCUT2D eigenvalue weighted by atomic mass is 9.81. The molecule has 3 heterocycles. The van der Waals surface area contributed by atoms with Gasteiger partial charge >= 0.3 is 11.0 Å². The number of hydrogen-bond donors (Lipinski definition) is 1. The van der Waals surface area contributed by atoms with Gasteiger partial charge in [-0.2, -0.15) is 13.2 Å². The molecule has 0 unspecified atom stereocenters. The number of nitrogens with zero attached hydrogens (tertiary/aromatic N) is 2. The molecule has 0 saturated carbocycles. The van der Waals surface area contributed by atoms with Crippen molar-refractivity contribution in [2.24, 2.45) is 5.92 Å². The first-order chi connectivity index (χ1) is 21.3. The van der Waals surface area contributed by atoms with Crippen LogP contribution in [0.4, 0.5) is 24.5 Å². The molecule has 1 fully saturated rings. The van der Waals surface area contributed by atoms with E-state index in [1.165, 1.54) is 21.6 Å². The molecule has 12 heteroatoms. The van der Waals surface area contributed by atoms with Gasteiger partial charge in [0.25, 0.3) is 0 Å². The van der Waals surface area contributed by atoms with Crippen LogP contribution in [0.3, 0.4) is 0 Å². The maximum Gasteiger partial charge on any atom is 0.418 e. The summed E-state index contributed by atoms with van der Waals surface area (Å²) in [6.45, 7) is 5.67. The van der Waals surface area contributed by atoms with Crippen LogP contribution in [0.25, 0.3) is 0 Å². The van der Waals surface area contributed by atoms with Crippen LogP contribution in [0.15, 0.2) is 88.7 Å². The zero-order chi connectivity index (χ0) is 32.3. The zero-order valence-corrected chi connectivity index (χ0v) is 26.1. The fourth-order valence-corrected chi connectivity index (χ4v) is 8.58. The van der Waals surface area contributed by atoms with Gasteiger partial charge in [-0.25, -0.2) is 4.90 Å². The number of carbonyl (C=O) groups is 3. The maximum atomic E-state index is 14.0. The summed E-state index contributed by atoms with van der Waals surface area (Å²) in [6, 6.07) is 20.9. The van der Waals surface area contributed by atoms with Gasteiger partial charge in [0, 0.05) is 10.8 Å². The number of carbonyl (C=O) groups excluding carboxylic acids is 3. The second-order valence-electron chi connectivity index (χ2n) is 12.0. The van der Waals surface area contributed by atoms with Crippen LogP contribution in [-0.4, -0.2) is 27.5 Å². The van der Waals surface area contributed by atoms with Gasteiger partial charge in [0.05, 0.1) is 27.9 Å². The van der Waals surface area contributed by atoms with Gasteiger partial charge < -0.3 is 5.32 Å². The van der Waals surface area contributed by atoms with E-state index in [2.05, 4.69) is 26.1 Å². The third kappa shape index (κ3) is 5.61. The van der Waals surface area contributed by atoms with Crippen LogP contribution in [-0.2, 0) is 32.5 Å². The summed E-state index contributed by atoms with van der Waals surface area (Å²) in [4.78, 5) is 55.5. The lowest BCUT2D eigenvalue weighted by molar-refractivity contribution is -0.137. The minimum Gasteiger partial charge on any atom is -0.324 e. The predicted molar refractivity (Wildman–Crippen MR) is 168 cm³/mol. The zero-order valence-electron chi connectivity index (χ0n) is 24.4. The molecular formula is C33H28F3N3O4S2. The van der Waals surface area contributed by atoms with Crippen molar-refractivity contribution in [3.8, 4) is 0 Å². The first-order valence-corrected chi connectivity index (χ1v) is 15.8. The van der Waals surface area contributed by atoms with E-state index < -0.39 is 57.7 Å². The predicted octanol–water partition coefficient (Wildman–Crippen LogP) is 6.66. The van der Waals surface area contributed by atoms with Gasteiger partial charge in [-0.1, -0.05) is 98.5 Å². The van der Waals surface area contributed by atoms with Gasteiger partial charge in [0.1, 0.15) is 11.8 Å². The van der Waals surface area contributed by atoms with Crippen molar-refractivity contribution in [3.63, 3.8) is 0 Å². The first-order valence-electron chi connectivity index (χ1n) is 14.2. The summed E-state index contributed by atoms with van der Waals surface area (Å²) in [5, 5.41) is 1.76. The number of para-hydroxylation sites is 2. The number of alkyl halides is 3. The Labute approximate surface area is 265 Å². The van der Waals surface area contributed by atoms with E-state index in [0.29, 0.717) is 15.6 Å². The van der Waals surface area contributed by atoms with E-state index in [1.54, 1.807) is 30.3 Å². The second-order valence-corrected chi connectivity index (χ2v) is 14.1. The standard InChI is InChI=1S/C33H28F3N3O4S2/c1-32(2,3)19-15-13-18(14-16-19)24-25-26(29(42)39(28(25)41)20-9-5-4-6-10-20)44-30-27(24)45-31(43)38(30)17-23(40)37-22-12-8-7-11-21(22)33(34,35)36/h4-16,24-26H,17H2,1-3H3,(H,37,40)/t24-,25-,26+/m0/s1. The van der Waals surface area contributed by atoms with Gasteiger partial charge in [0.2, 0.25) is 17.7 Å². The number of hydrogen-bond acceptors (Lipinski definition) is 6. The summed E-state index contributed by atoms with van der Waals surface area (Å²) < 4.78 is 41.8. The lowest BCUT2D eigenvalue weighted by Gasteiger charge is -2.31. The monoisotopic (exact) mass is 651 g/mol. The molecule has 1 N–H and O–H groups in total. The molecule has 3 amide bonds. The van der Waals surface area contributed by atoms with Crippen LogP contribution >= 0.6 is 23.1 Å². The second kappa shape index (κ2) is 11.3. The Balaban J connectivity index is 1.41. The Morgan fingerprint density at radius 3 is 2.16 bits per heavy atom. The number of anilines is 2. The highest BCUT2D eigenvalue weighted by Gasteiger charge is 2.56. The average molecular weight is 652 g/mol. The number of amides is 3. The molecule has 0 radical (unpaired) electrons. The third-order valence-electron chi connectivity index (χ3n) is 8.01. The van der Waals surface area contributed by atoms with Crippen molar-refractivity contribution >= 4 is 52.2 Å². The van der Waals surface area contributed by atoms with E-state index >= 15 is 0 Å². The van der Waals surface area contributed by atoms with Crippen molar-refractivity contribution in [2.45, 2.75) is 55.1 Å². The lowest BCUT2D eigenvalue weighted by Crippen LogP contribution is -2.33. The van der Waals surface area contributed by atoms with Crippen molar-refractivity contribution < 1.29 is 27.6 Å². The van der Waals surface area contributed by atoms with Crippen molar-refractivity contribution in [2.75, 3.05) is 10.2 Å². The molecule has 0 aliphatic carbocycles. The van der Waals surface area contributed by atoms with E-state index in [4.69, 9.17) is 0 Å². The van der Waals surface area contributed by atoms with Crippen molar-refractivity contribution in [1.82, 2.24) is 4.57 Å². The Kier molecular flexibility index (Phi) is 7.77. The molecule has 2 aliphatic heterocycles. The highest BCUT2D eigenvalue weighted by Crippen LogP contribution is 2.54. The largest absolute Gasteiger partial charge is 0.418 e. The van der Waals surface area contributed by atoms with Crippen LogP contribution in [0, 0.1) is 5.92 Å². The number of thioether (sulfide) groups is 1. The van der Waals surface area contributed by atoms with Gasteiger partial charge in [-0.15, -0.1) is 0 Å². The SMILES string of the molecule is CC(C)(C)c1ccc([C@@H]2c3sc(=O)n(CC(=O)Nc4ccccc4C(F)(F)F)c3S[C@H]3C(=O)N(c4ccccc4)C(=O)[C@@H]23)cc1. The summed E-state index contributed by atoms with van der Waals surface area (Å²) in [5.74, 6) is -3.11. The topological polar surface area (TPSA) is 88.5 Å². The molecule has 6 rings (SSSR count). The minimum absolute atomic E-state index is 0.135. The summed E-state index contributed by atoms with van der Waals surface area (Å²) in [5.41, 5.74) is 0.677. The number of benzene rings is 3. The molecule has 0 bridgehead atoms. The molecule has 3 aromatic carbocycles. The van der Waals surface area contributed by atoms with Gasteiger partial charge in [-0.3, -0.25) is 23.7 Å². The van der Waals surface area contributed by atoms with Crippen LogP contribution < -0.4 is 15.1 Å². The normalized spacial score (nSPS) is 19.8. The minimum atomic E-state index is -4.69. The molecule has 45 heavy (non-hydrogen) atoms. The summed E-state index contributed by atoms with van der Waals surface area (Å²) in [7, 11) is 0. The number of thiazole rings is 1. The Hall–Kier alpha value is -4.16. The van der Waals surface area contributed by atoms with E-state index in [1.807, 2.05) is 24.3 Å². The highest BCUT2D eigenvalue weighted by atomic mass is 32.2. The fraction of sp³-hybridized carbons (Fsp3) is 0.273. The third-order valence-corrected chi connectivity index (χ3v) is 10.6. The number of halogens is 3. The Bertz CT molecular complexity index is 1860. The molecule has 0 spiro atoms. The van der Waals surface area contributed by atoms with Gasteiger partial charge in [-0.05, 0) is 40.8 Å². The molecule has 2 aliphatic rings. The molecule has 7 nitrogen and oxygen atoms in total.